The van der Waals surface area contributed by atoms with Crippen molar-refractivity contribution < 1.29 is 24.2 Å². The first kappa shape index (κ1) is 20.2. The maximum Gasteiger partial charge on any atom is 0.360 e. The van der Waals surface area contributed by atoms with Gasteiger partial charge in [0.05, 0.1) is 25.6 Å². The molecule has 0 radical (unpaired) electrons. The number of methoxy groups -OCH3 is 1. The number of hydrogen-bond acceptors (Lipinski definition) is 7. The second kappa shape index (κ2) is 8.66. The first-order chi connectivity index (χ1) is 14.0. The Balaban J connectivity index is 1.89. The van der Waals surface area contributed by atoms with Gasteiger partial charge in [0.2, 0.25) is 5.78 Å². The summed E-state index contributed by atoms with van der Waals surface area (Å²) in [5, 5.41) is 13.8. The number of carbonyl (C=O) groups is 2. The molecule has 3 aromatic rings. The molecular weight excluding hydrogens is 376 g/mol. The zero-order valence-electron chi connectivity index (χ0n) is 16.0. The SMILES string of the molecule is COc1ccc(C(=O)[C@H](C)OC(=O)c2nn(CCO)c(=O)c3ccccc23)cc1. The zero-order chi connectivity index (χ0) is 21.0. The lowest BCUT2D eigenvalue weighted by molar-refractivity contribution is 0.0312. The minimum Gasteiger partial charge on any atom is -0.497 e. The van der Waals surface area contributed by atoms with Crippen LogP contribution in [0.25, 0.3) is 10.8 Å². The quantitative estimate of drug-likeness (QED) is 0.479. The van der Waals surface area contributed by atoms with Crippen molar-refractivity contribution in [1.29, 1.82) is 0 Å². The van der Waals surface area contributed by atoms with E-state index in [0.29, 0.717) is 16.7 Å². The zero-order valence-corrected chi connectivity index (χ0v) is 16.0. The molecular formula is C21H20N2O6. The molecule has 150 valence electrons. The number of benzene rings is 2. The minimum absolute atomic E-state index is 0.0652. The van der Waals surface area contributed by atoms with Gasteiger partial charge in [-0.3, -0.25) is 9.59 Å². The van der Waals surface area contributed by atoms with Crippen molar-refractivity contribution >= 4 is 22.5 Å². The summed E-state index contributed by atoms with van der Waals surface area (Å²) in [6, 6.07) is 12.9. The Bertz CT molecular complexity index is 1100. The standard InChI is InChI=1S/C21H20N2O6/c1-13(19(25)14-7-9-15(28-2)10-8-14)29-21(27)18-16-5-3-4-6-17(16)20(26)23(22-18)11-12-24/h3-10,13,24H,11-12H2,1-2H3/t13-/m0/s1. The molecule has 0 amide bonds. The molecule has 0 saturated carbocycles. The van der Waals surface area contributed by atoms with Crippen molar-refractivity contribution in [2.24, 2.45) is 0 Å². The molecule has 1 N–H and O–H groups in total. The number of fused-ring (bicyclic) bond motifs is 1. The van der Waals surface area contributed by atoms with Crippen LogP contribution in [0.2, 0.25) is 0 Å². The summed E-state index contributed by atoms with van der Waals surface area (Å²) in [4.78, 5) is 37.7. The largest absolute Gasteiger partial charge is 0.497 e. The van der Waals surface area contributed by atoms with Crippen molar-refractivity contribution in [2.75, 3.05) is 13.7 Å². The number of aromatic nitrogens is 2. The van der Waals surface area contributed by atoms with Gasteiger partial charge in [-0.25, -0.2) is 9.48 Å². The maximum atomic E-state index is 12.7. The lowest BCUT2D eigenvalue weighted by atomic mass is 10.1. The van der Waals surface area contributed by atoms with Gasteiger partial charge in [0, 0.05) is 10.9 Å². The van der Waals surface area contributed by atoms with Gasteiger partial charge in [-0.15, -0.1) is 0 Å². The van der Waals surface area contributed by atoms with Gasteiger partial charge in [0.15, 0.2) is 11.8 Å². The lowest BCUT2D eigenvalue weighted by Gasteiger charge is -2.14. The predicted octanol–water partition coefficient (Wildman–Crippen LogP) is 1.83. The predicted molar refractivity (Wildman–Crippen MR) is 105 cm³/mol. The van der Waals surface area contributed by atoms with E-state index in [1.807, 2.05) is 0 Å². The molecule has 29 heavy (non-hydrogen) atoms. The fourth-order valence-electron chi connectivity index (χ4n) is 2.89. The highest BCUT2D eigenvalue weighted by atomic mass is 16.5. The molecule has 0 aliphatic heterocycles. The molecule has 0 bridgehead atoms. The molecule has 0 aliphatic rings. The molecule has 0 unspecified atom stereocenters. The van der Waals surface area contributed by atoms with E-state index in [4.69, 9.17) is 14.6 Å². The molecule has 1 aromatic heterocycles. The number of rotatable bonds is 7. The van der Waals surface area contributed by atoms with Crippen LogP contribution in [0, 0.1) is 0 Å². The molecule has 8 heteroatoms. The van der Waals surface area contributed by atoms with Gasteiger partial charge in [0.25, 0.3) is 5.56 Å². The molecule has 8 nitrogen and oxygen atoms in total. The third-order valence-electron chi connectivity index (χ3n) is 4.40. The molecule has 2 aromatic carbocycles. The van der Waals surface area contributed by atoms with Gasteiger partial charge in [-0.05, 0) is 37.3 Å². The monoisotopic (exact) mass is 396 g/mol. The van der Waals surface area contributed by atoms with Crippen LogP contribution in [0.1, 0.15) is 27.8 Å². The van der Waals surface area contributed by atoms with Crippen molar-refractivity contribution in [3.8, 4) is 5.75 Å². The van der Waals surface area contributed by atoms with E-state index in [9.17, 15) is 14.4 Å². The summed E-state index contributed by atoms with van der Waals surface area (Å²) in [7, 11) is 1.52. The van der Waals surface area contributed by atoms with Crippen LogP contribution in [0.5, 0.6) is 5.75 Å². The number of carbonyl (C=O) groups excluding carboxylic acids is 2. The van der Waals surface area contributed by atoms with E-state index < -0.39 is 17.6 Å². The van der Waals surface area contributed by atoms with E-state index in [0.717, 1.165) is 4.68 Å². The molecule has 0 saturated heterocycles. The van der Waals surface area contributed by atoms with E-state index in [1.165, 1.54) is 14.0 Å². The molecule has 1 atom stereocenters. The minimum atomic E-state index is -1.06. The Morgan fingerprint density at radius 1 is 1.10 bits per heavy atom. The number of nitrogens with zero attached hydrogens (tertiary/aromatic N) is 2. The summed E-state index contributed by atoms with van der Waals surface area (Å²) in [6.45, 7) is 1.09. The van der Waals surface area contributed by atoms with Gasteiger partial charge in [-0.1, -0.05) is 18.2 Å². The average Bonchev–Trinajstić information content (AvgIpc) is 2.75. The van der Waals surface area contributed by atoms with E-state index in [-0.39, 0.29) is 30.0 Å². The average molecular weight is 396 g/mol. The number of esters is 1. The normalized spacial score (nSPS) is 11.8. The highest BCUT2D eigenvalue weighted by Gasteiger charge is 2.24. The summed E-state index contributed by atoms with van der Waals surface area (Å²) < 4.78 is 11.4. The smallest absolute Gasteiger partial charge is 0.360 e. The second-order valence-electron chi connectivity index (χ2n) is 6.29. The number of aliphatic hydroxyl groups excluding tert-OH is 1. The Labute approximate surface area is 166 Å². The van der Waals surface area contributed by atoms with Crippen LogP contribution in [0.3, 0.4) is 0 Å². The first-order valence-electron chi connectivity index (χ1n) is 8.96. The second-order valence-corrected chi connectivity index (χ2v) is 6.29. The first-order valence-corrected chi connectivity index (χ1v) is 8.96. The van der Waals surface area contributed by atoms with Crippen molar-refractivity contribution in [2.45, 2.75) is 19.6 Å². The van der Waals surface area contributed by atoms with Crippen LogP contribution in [-0.4, -0.2) is 46.5 Å². The third-order valence-corrected chi connectivity index (χ3v) is 4.40. The Kier molecular flexibility index (Phi) is 6.04. The van der Waals surface area contributed by atoms with Gasteiger partial charge < -0.3 is 14.6 Å². The molecule has 1 heterocycles. The van der Waals surface area contributed by atoms with Gasteiger partial charge in [0.1, 0.15) is 5.75 Å². The van der Waals surface area contributed by atoms with Crippen LogP contribution in [0.4, 0.5) is 0 Å². The number of hydrogen-bond donors (Lipinski definition) is 1. The molecule has 0 aliphatic carbocycles. The van der Waals surface area contributed by atoms with Gasteiger partial charge in [-0.2, -0.15) is 5.10 Å². The highest BCUT2D eigenvalue weighted by Crippen LogP contribution is 2.17. The summed E-state index contributed by atoms with van der Waals surface area (Å²) in [5.74, 6) is -0.607. The maximum absolute atomic E-state index is 12.7. The fraction of sp³-hybridized carbons (Fsp3) is 0.238. The fourth-order valence-corrected chi connectivity index (χ4v) is 2.89. The number of aliphatic hydroxyl groups is 1. The lowest BCUT2D eigenvalue weighted by Crippen LogP contribution is -2.30. The van der Waals surface area contributed by atoms with E-state index in [1.54, 1.807) is 48.5 Å². The topological polar surface area (TPSA) is 108 Å². The number of ether oxygens (including phenoxy) is 2. The number of ketones is 1. The van der Waals surface area contributed by atoms with Crippen molar-refractivity contribution in [1.82, 2.24) is 9.78 Å². The van der Waals surface area contributed by atoms with Crippen LogP contribution in [0.15, 0.2) is 53.3 Å². The van der Waals surface area contributed by atoms with Gasteiger partial charge >= 0.3 is 5.97 Å². The third kappa shape index (κ3) is 4.17. The highest BCUT2D eigenvalue weighted by molar-refractivity contribution is 6.05. The molecule has 0 spiro atoms. The number of Topliss-reactive ketones (excluding diaryl/α,β-unsaturated/α-hetero) is 1. The molecule has 0 fully saturated rings. The summed E-state index contributed by atoms with van der Waals surface area (Å²) in [5.41, 5.74) is -0.147. The Morgan fingerprint density at radius 3 is 2.38 bits per heavy atom. The van der Waals surface area contributed by atoms with E-state index >= 15 is 0 Å². The Hall–Kier alpha value is -3.52. The van der Waals surface area contributed by atoms with Crippen LogP contribution >= 0.6 is 0 Å². The Morgan fingerprint density at radius 2 is 1.76 bits per heavy atom. The summed E-state index contributed by atoms with van der Waals surface area (Å²) in [6.07, 6.45) is -1.06. The van der Waals surface area contributed by atoms with Crippen molar-refractivity contribution in [3.05, 3.63) is 70.1 Å². The van der Waals surface area contributed by atoms with Crippen LogP contribution in [-0.2, 0) is 11.3 Å². The summed E-state index contributed by atoms with van der Waals surface area (Å²) >= 11 is 0. The van der Waals surface area contributed by atoms with Crippen LogP contribution < -0.4 is 10.3 Å². The van der Waals surface area contributed by atoms with E-state index in [2.05, 4.69) is 5.10 Å². The molecule has 3 rings (SSSR count). The van der Waals surface area contributed by atoms with Crippen molar-refractivity contribution in [3.63, 3.8) is 0 Å².